The SMILES string of the molecule is O=C(O)CCC1CCCN(c2cc(Br)ccc2[N+](=O)[O-])C1. The van der Waals surface area contributed by atoms with Crippen LogP contribution in [0.2, 0.25) is 0 Å². The maximum atomic E-state index is 11.2. The van der Waals surface area contributed by atoms with E-state index in [0.29, 0.717) is 18.7 Å². The van der Waals surface area contributed by atoms with Crippen molar-refractivity contribution in [1.29, 1.82) is 0 Å². The highest BCUT2D eigenvalue weighted by atomic mass is 79.9. The van der Waals surface area contributed by atoms with Crippen LogP contribution in [0.15, 0.2) is 22.7 Å². The third-order valence-corrected chi connectivity index (χ3v) is 4.25. The maximum absolute atomic E-state index is 11.2. The first kappa shape index (κ1) is 15.8. The van der Waals surface area contributed by atoms with E-state index in [1.165, 1.54) is 6.07 Å². The monoisotopic (exact) mass is 356 g/mol. The summed E-state index contributed by atoms with van der Waals surface area (Å²) >= 11 is 3.35. The van der Waals surface area contributed by atoms with Gasteiger partial charge in [-0.2, -0.15) is 0 Å². The van der Waals surface area contributed by atoms with Crippen molar-refractivity contribution in [2.24, 2.45) is 5.92 Å². The summed E-state index contributed by atoms with van der Waals surface area (Å²) in [6.07, 6.45) is 2.67. The minimum atomic E-state index is -0.791. The van der Waals surface area contributed by atoms with Crippen LogP contribution in [0, 0.1) is 16.0 Å². The molecule has 21 heavy (non-hydrogen) atoms. The summed E-state index contributed by atoms with van der Waals surface area (Å²) in [7, 11) is 0. The molecule has 114 valence electrons. The molecule has 1 aromatic rings. The van der Waals surface area contributed by atoms with Crippen molar-refractivity contribution in [3.63, 3.8) is 0 Å². The first-order valence-corrected chi connectivity index (χ1v) is 7.67. The molecule has 0 bridgehead atoms. The predicted octanol–water partition coefficient (Wildman–Crippen LogP) is 3.44. The summed E-state index contributed by atoms with van der Waals surface area (Å²) in [5, 5.41) is 19.9. The van der Waals surface area contributed by atoms with Gasteiger partial charge in [-0.25, -0.2) is 0 Å². The molecule has 1 heterocycles. The van der Waals surface area contributed by atoms with Crippen LogP contribution >= 0.6 is 15.9 Å². The van der Waals surface area contributed by atoms with Gasteiger partial charge < -0.3 is 10.0 Å². The molecular formula is C14H17BrN2O4. The van der Waals surface area contributed by atoms with E-state index in [9.17, 15) is 14.9 Å². The fraction of sp³-hybridized carbons (Fsp3) is 0.500. The summed E-state index contributed by atoms with van der Waals surface area (Å²) in [5.74, 6) is -0.519. The quantitative estimate of drug-likeness (QED) is 0.645. The molecule has 0 aliphatic carbocycles. The highest BCUT2D eigenvalue weighted by Crippen LogP contribution is 2.34. The Morgan fingerprint density at radius 1 is 1.52 bits per heavy atom. The lowest BCUT2D eigenvalue weighted by Gasteiger charge is -2.34. The zero-order chi connectivity index (χ0) is 15.4. The smallest absolute Gasteiger partial charge is 0.303 e. The fourth-order valence-corrected chi connectivity index (χ4v) is 3.10. The lowest BCUT2D eigenvalue weighted by molar-refractivity contribution is -0.384. The zero-order valence-electron chi connectivity index (χ0n) is 11.5. The molecule has 0 saturated carbocycles. The number of nitrogens with zero attached hydrogens (tertiary/aromatic N) is 2. The van der Waals surface area contributed by atoms with E-state index in [4.69, 9.17) is 5.11 Å². The van der Waals surface area contributed by atoms with E-state index in [1.54, 1.807) is 12.1 Å². The van der Waals surface area contributed by atoms with Crippen molar-refractivity contribution in [2.75, 3.05) is 18.0 Å². The standard InChI is InChI=1S/C14H17BrN2O4/c15-11-4-5-12(17(20)21)13(8-11)16-7-1-2-10(9-16)3-6-14(18)19/h4-5,8,10H,1-3,6-7,9H2,(H,18,19). The van der Waals surface area contributed by atoms with Crippen molar-refractivity contribution in [3.05, 3.63) is 32.8 Å². The highest BCUT2D eigenvalue weighted by Gasteiger charge is 2.25. The van der Waals surface area contributed by atoms with Gasteiger partial charge in [-0.3, -0.25) is 14.9 Å². The number of rotatable bonds is 5. The normalized spacial score (nSPS) is 18.5. The molecule has 2 rings (SSSR count). The average molecular weight is 357 g/mol. The van der Waals surface area contributed by atoms with Crippen LogP contribution in [-0.2, 0) is 4.79 Å². The number of nitro benzene ring substituents is 1. The van der Waals surface area contributed by atoms with Crippen LogP contribution in [0.4, 0.5) is 11.4 Å². The van der Waals surface area contributed by atoms with Gasteiger partial charge in [0.25, 0.3) is 5.69 Å². The first-order chi connectivity index (χ1) is 9.97. The Labute approximate surface area is 131 Å². The third-order valence-electron chi connectivity index (χ3n) is 3.76. The number of hydrogen-bond donors (Lipinski definition) is 1. The van der Waals surface area contributed by atoms with E-state index in [-0.39, 0.29) is 22.9 Å². The Hall–Kier alpha value is -1.63. The minimum absolute atomic E-state index is 0.0945. The second-order valence-electron chi connectivity index (χ2n) is 5.28. The number of carboxylic acids is 1. The lowest BCUT2D eigenvalue weighted by Crippen LogP contribution is -2.36. The highest BCUT2D eigenvalue weighted by molar-refractivity contribution is 9.10. The molecule has 1 aromatic carbocycles. The molecule has 1 saturated heterocycles. The summed E-state index contributed by atoms with van der Waals surface area (Å²) in [4.78, 5) is 23.5. The molecule has 0 spiro atoms. The largest absolute Gasteiger partial charge is 0.481 e. The number of nitro groups is 1. The molecule has 0 aromatic heterocycles. The first-order valence-electron chi connectivity index (χ1n) is 6.88. The van der Waals surface area contributed by atoms with E-state index in [1.807, 2.05) is 4.90 Å². The molecule has 1 N–H and O–H groups in total. The van der Waals surface area contributed by atoms with Gasteiger partial charge in [-0.15, -0.1) is 0 Å². The molecule has 6 nitrogen and oxygen atoms in total. The molecule has 1 unspecified atom stereocenters. The molecule has 1 fully saturated rings. The number of hydrogen-bond acceptors (Lipinski definition) is 4. The number of piperidine rings is 1. The second kappa shape index (κ2) is 6.89. The van der Waals surface area contributed by atoms with Crippen molar-refractivity contribution in [1.82, 2.24) is 0 Å². The van der Waals surface area contributed by atoms with Gasteiger partial charge in [0.1, 0.15) is 5.69 Å². The second-order valence-corrected chi connectivity index (χ2v) is 6.19. The Bertz CT molecular complexity index is 550. The summed E-state index contributed by atoms with van der Waals surface area (Å²) < 4.78 is 0.802. The van der Waals surface area contributed by atoms with Crippen molar-refractivity contribution in [3.8, 4) is 0 Å². The van der Waals surface area contributed by atoms with Gasteiger partial charge in [-0.1, -0.05) is 15.9 Å². The van der Waals surface area contributed by atoms with Crippen LogP contribution in [0.1, 0.15) is 25.7 Å². The number of carbonyl (C=O) groups is 1. The fourth-order valence-electron chi connectivity index (χ4n) is 2.75. The topological polar surface area (TPSA) is 83.7 Å². The Morgan fingerprint density at radius 2 is 2.29 bits per heavy atom. The van der Waals surface area contributed by atoms with Gasteiger partial charge in [0.05, 0.1) is 4.92 Å². The van der Waals surface area contributed by atoms with Gasteiger partial charge >= 0.3 is 5.97 Å². The van der Waals surface area contributed by atoms with Gasteiger partial charge in [-0.05, 0) is 37.3 Å². The number of benzene rings is 1. The molecule has 0 amide bonds. The van der Waals surface area contributed by atoms with Gasteiger partial charge in [0.15, 0.2) is 0 Å². The molecule has 1 aliphatic heterocycles. The third kappa shape index (κ3) is 4.17. The predicted molar refractivity (Wildman–Crippen MR) is 82.6 cm³/mol. The molecule has 7 heteroatoms. The minimum Gasteiger partial charge on any atom is -0.481 e. The molecular weight excluding hydrogens is 340 g/mol. The molecule has 1 aliphatic rings. The summed E-state index contributed by atoms with van der Waals surface area (Å²) in [6.45, 7) is 1.44. The van der Waals surface area contributed by atoms with Crippen LogP contribution in [0.25, 0.3) is 0 Å². The van der Waals surface area contributed by atoms with Crippen LogP contribution in [0.5, 0.6) is 0 Å². The van der Waals surface area contributed by atoms with E-state index >= 15 is 0 Å². The van der Waals surface area contributed by atoms with E-state index in [2.05, 4.69) is 15.9 Å². The number of halogens is 1. The molecule has 0 radical (unpaired) electrons. The van der Waals surface area contributed by atoms with E-state index in [0.717, 1.165) is 23.9 Å². The van der Waals surface area contributed by atoms with Crippen molar-refractivity contribution in [2.45, 2.75) is 25.7 Å². The van der Waals surface area contributed by atoms with Crippen LogP contribution in [-0.4, -0.2) is 29.1 Å². The summed E-state index contributed by atoms with van der Waals surface area (Å²) in [5.41, 5.74) is 0.700. The summed E-state index contributed by atoms with van der Waals surface area (Å²) in [6, 6.07) is 4.92. The Morgan fingerprint density at radius 3 is 2.95 bits per heavy atom. The van der Waals surface area contributed by atoms with E-state index < -0.39 is 5.97 Å². The van der Waals surface area contributed by atoms with Crippen LogP contribution < -0.4 is 4.90 Å². The lowest BCUT2D eigenvalue weighted by atomic mass is 9.93. The number of carboxylic acid groups (broad SMARTS) is 1. The Kier molecular flexibility index (Phi) is 5.17. The number of aliphatic carboxylic acids is 1. The average Bonchev–Trinajstić information content (AvgIpc) is 2.45. The van der Waals surface area contributed by atoms with Gasteiger partial charge in [0.2, 0.25) is 0 Å². The maximum Gasteiger partial charge on any atom is 0.303 e. The van der Waals surface area contributed by atoms with Crippen molar-refractivity contribution >= 4 is 33.3 Å². The van der Waals surface area contributed by atoms with Gasteiger partial charge in [0, 0.05) is 30.0 Å². The van der Waals surface area contributed by atoms with Crippen molar-refractivity contribution < 1.29 is 14.8 Å². The number of anilines is 1. The zero-order valence-corrected chi connectivity index (χ0v) is 13.1. The van der Waals surface area contributed by atoms with Crippen LogP contribution in [0.3, 0.4) is 0 Å². The Balaban J connectivity index is 2.15. The molecule has 1 atom stereocenters.